The largest absolute Gasteiger partial charge is 0.345 e. The van der Waals surface area contributed by atoms with E-state index in [0.29, 0.717) is 23.0 Å². The van der Waals surface area contributed by atoms with Gasteiger partial charge in [-0.3, -0.25) is 9.59 Å². The van der Waals surface area contributed by atoms with Gasteiger partial charge < -0.3 is 9.88 Å². The van der Waals surface area contributed by atoms with Gasteiger partial charge in [0, 0.05) is 17.3 Å². The molecule has 0 spiro atoms. The van der Waals surface area contributed by atoms with Crippen molar-refractivity contribution in [2.45, 2.75) is 32.4 Å². The molecule has 4 rings (SSSR count). The summed E-state index contributed by atoms with van der Waals surface area (Å²) in [6.45, 7) is 2.38. The van der Waals surface area contributed by atoms with Crippen LogP contribution in [0.15, 0.2) is 71.7 Å². The summed E-state index contributed by atoms with van der Waals surface area (Å²) in [5, 5.41) is 3.77. The number of aryl methyl sites for hydroxylation is 1. The molecular weight excluding hydrogens is 384 g/mol. The number of aromatic nitrogens is 1. The molecule has 1 unspecified atom stereocenters. The molecule has 3 aromatic rings. The number of hydrogen-bond acceptors (Lipinski definition) is 2. The fraction of sp³-hybridized carbons (Fsp3) is 0.250. The number of pyridine rings is 1. The van der Waals surface area contributed by atoms with E-state index in [-0.39, 0.29) is 17.5 Å². The van der Waals surface area contributed by atoms with Gasteiger partial charge >= 0.3 is 0 Å². The number of nitrogens with zero attached hydrogens (tertiary/aromatic N) is 1. The molecule has 1 amide bonds. The number of carbonyl (C=O) groups excluding carboxylic acids is 1. The van der Waals surface area contributed by atoms with Crippen molar-refractivity contribution in [3.05, 3.63) is 104 Å². The van der Waals surface area contributed by atoms with E-state index in [2.05, 4.69) is 36.5 Å². The fourth-order valence-corrected chi connectivity index (χ4v) is 3.70. The monoisotopic (exact) mass is 406 g/mol. The molecule has 1 N–H and O–H groups in total. The lowest BCUT2D eigenvalue weighted by molar-refractivity contribution is 0.0931. The Balaban J connectivity index is 1.56. The summed E-state index contributed by atoms with van der Waals surface area (Å²) in [6.07, 6.45) is 3.84. The Bertz CT molecular complexity index is 1080. The smallest absolute Gasteiger partial charge is 0.253 e. The number of halogens is 1. The molecule has 1 aliphatic carbocycles. The maximum atomic E-state index is 13.0. The van der Waals surface area contributed by atoms with Crippen molar-refractivity contribution in [3.63, 3.8) is 0 Å². The van der Waals surface area contributed by atoms with Crippen LogP contribution >= 0.6 is 11.6 Å². The first kappa shape index (κ1) is 19.5. The molecule has 0 aliphatic heterocycles. The number of hydrogen-bond donors (Lipinski definition) is 1. The van der Waals surface area contributed by atoms with Crippen LogP contribution in [0.3, 0.4) is 0 Å². The van der Waals surface area contributed by atoms with Crippen molar-refractivity contribution in [2.75, 3.05) is 0 Å². The van der Waals surface area contributed by atoms with E-state index in [9.17, 15) is 9.59 Å². The van der Waals surface area contributed by atoms with Crippen molar-refractivity contribution in [2.24, 2.45) is 5.92 Å². The summed E-state index contributed by atoms with van der Waals surface area (Å²) in [4.78, 5) is 25.2. The quantitative estimate of drug-likeness (QED) is 0.642. The lowest BCUT2D eigenvalue weighted by Gasteiger charge is -2.19. The van der Waals surface area contributed by atoms with E-state index in [1.165, 1.54) is 16.2 Å². The molecule has 2 aromatic carbocycles. The number of amides is 1. The van der Waals surface area contributed by atoms with Crippen LogP contribution in [-0.2, 0) is 6.54 Å². The molecule has 1 heterocycles. The van der Waals surface area contributed by atoms with Crippen LogP contribution in [0.2, 0.25) is 5.02 Å². The lowest BCUT2D eigenvalue weighted by atomic mass is 10.0. The maximum Gasteiger partial charge on any atom is 0.253 e. The molecular formula is C24H23ClN2O2. The Kier molecular flexibility index (Phi) is 5.54. The summed E-state index contributed by atoms with van der Waals surface area (Å²) in [5.74, 6) is 0.297. The predicted molar refractivity (Wildman–Crippen MR) is 115 cm³/mol. The van der Waals surface area contributed by atoms with Crippen molar-refractivity contribution in [1.82, 2.24) is 9.88 Å². The SMILES string of the molecule is Cc1ccc(C(NC(=O)c2ccc(=O)n(Cc3ccccc3Cl)c2)C2CC2)cc1. The zero-order valence-corrected chi connectivity index (χ0v) is 17.0. The zero-order chi connectivity index (χ0) is 20.4. The van der Waals surface area contributed by atoms with Crippen molar-refractivity contribution >= 4 is 17.5 Å². The Morgan fingerprint density at radius 1 is 1.10 bits per heavy atom. The van der Waals surface area contributed by atoms with Gasteiger partial charge in [-0.2, -0.15) is 0 Å². The standard InChI is InChI=1S/C24H23ClN2O2/c1-16-6-8-17(9-7-16)23(18-10-11-18)26-24(29)20-12-13-22(28)27(15-20)14-19-4-2-3-5-21(19)25/h2-9,12-13,15,18,23H,10-11,14H2,1H3,(H,26,29). The summed E-state index contributed by atoms with van der Waals surface area (Å²) in [6, 6.07) is 18.7. The molecule has 1 fully saturated rings. The predicted octanol–water partition coefficient (Wildman–Crippen LogP) is 4.74. The summed E-state index contributed by atoms with van der Waals surface area (Å²) < 4.78 is 1.52. The van der Waals surface area contributed by atoms with Crippen molar-refractivity contribution in [3.8, 4) is 0 Å². The minimum absolute atomic E-state index is 0.00736. The molecule has 1 atom stereocenters. The summed E-state index contributed by atoms with van der Waals surface area (Å²) >= 11 is 6.22. The van der Waals surface area contributed by atoms with E-state index >= 15 is 0 Å². The van der Waals surface area contributed by atoms with Gasteiger partial charge in [0.25, 0.3) is 11.5 Å². The topological polar surface area (TPSA) is 51.1 Å². The average Bonchev–Trinajstić information content (AvgIpc) is 3.55. The van der Waals surface area contributed by atoms with Crippen molar-refractivity contribution in [1.29, 1.82) is 0 Å². The molecule has 1 aromatic heterocycles. The van der Waals surface area contributed by atoms with Gasteiger partial charge in [0.15, 0.2) is 0 Å². The van der Waals surface area contributed by atoms with Crippen LogP contribution in [0, 0.1) is 12.8 Å². The minimum Gasteiger partial charge on any atom is -0.345 e. The van der Waals surface area contributed by atoms with Crippen LogP contribution in [0.4, 0.5) is 0 Å². The van der Waals surface area contributed by atoms with E-state index in [1.807, 2.05) is 18.2 Å². The van der Waals surface area contributed by atoms with Crippen LogP contribution in [0.5, 0.6) is 0 Å². The van der Waals surface area contributed by atoms with E-state index in [4.69, 9.17) is 11.6 Å². The maximum absolute atomic E-state index is 13.0. The van der Waals surface area contributed by atoms with Crippen LogP contribution in [0.25, 0.3) is 0 Å². The van der Waals surface area contributed by atoms with Gasteiger partial charge in [0.1, 0.15) is 0 Å². The highest BCUT2D eigenvalue weighted by molar-refractivity contribution is 6.31. The van der Waals surface area contributed by atoms with Gasteiger partial charge in [-0.05, 0) is 48.9 Å². The highest BCUT2D eigenvalue weighted by atomic mass is 35.5. The Hall–Kier alpha value is -2.85. The second-order valence-electron chi connectivity index (χ2n) is 7.67. The molecule has 1 saturated carbocycles. The highest BCUT2D eigenvalue weighted by Crippen LogP contribution is 2.41. The zero-order valence-electron chi connectivity index (χ0n) is 16.3. The van der Waals surface area contributed by atoms with Gasteiger partial charge in [-0.1, -0.05) is 59.6 Å². The molecule has 4 nitrogen and oxygen atoms in total. The van der Waals surface area contributed by atoms with Gasteiger partial charge in [0.2, 0.25) is 0 Å². The number of nitrogens with one attached hydrogen (secondary N) is 1. The molecule has 0 saturated heterocycles. The molecule has 0 bridgehead atoms. The third kappa shape index (κ3) is 4.60. The summed E-state index contributed by atoms with van der Waals surface area (Å²) in [5.41, 5.74) is 3.45. The Labute approximate surface area is 175 Å². The molecule has 5 heteroatoms. The van der Waals surface area contributed by atoms with Gasteiger partial charge in [0.05, 0.1) is 18.2 Å². The van der Waals surface area contributed by atoms with E-state index in [0.717, 1.165) is 24.0 Å². The second-order valence-corrected chi connectivity index (χ2v) is 8.08. The molecule has 148 valence electrons. The van der Waals surface area contributed by atoms with Crippen molar-refractivity contribution < 1.29 is 4.79 Å². The van der Waals surface area contributed by atoms with Crippen LogP contribution in [0.1, 0.15) is 45.9 Å². The number of carbonyl (C=O) groups is 1. The second kappa shape index (κ2) is 8.26. The normalized spacial score (nSPS) is 14.4. The van der Waals surface area contributed by atoms with Gasteiger partial charge in [-0.25, -0.2) is 0 Å². The molecule has 1 aliphatic rings. The third-order valence-electron chi connectivity index (χ3n) is 5.36. The van der Waals surface area contributed by atoms with Crippen LogP contribution < -0.4 is 10.9 Å². The Morgan fingerprint density at radius 2 is 1.83 bits per heavy atom. The summed E-state index contributed by atoms with van der Waals surface area (Å²) in [7, 11) is 0. The number of benzene rings is 2. The average molecular weight is 407 g/mol. The highest BCUT2D eigenvalue weighted by Gasteiger charge is 2.33. The van der Waals surface area contributed by atoms with E-state index < -0.39 is 0 Å². The van der Waals surface area contributed by atoms with E-state index in [1.54, 1.807) is 18.3 Å². The first-order valence-electron chi connectivity index (χ1n) is 9.82. The fourth-order valence-electron chi connectivity index (χ4n) is 3.50. The molecule has 0 radical (unpaired) electrons. The minimum atomic E-state index is -0.171. The van der Waals surface area contributed by atoms with Crippen LogP contribution in [-0.4, -0.2) is 10.5 Å². The lowest BCUT2D eigenvalue weighted by Crippen LogP contribution is -2.31. The van der Waals surface area contributed by atoms with Gasteiger partial charge in [-0.15, -0.1) is 0 Å². The number of rotatable bonds is 6. The molecule has 29 heavy (non-hydrogen) atoms. The Morgan fingerprint density at radius 3 is 2.52 bits per heavy atom. The first-order valence-corrected chi connectivity index (χ1v) is 10.2. The third-order valence-corrected chi connectivity index (χ3v) is 5.73. The first-order chi connectivity index (χ1) is 14.0.